The number of aromatic carboxylic acids is 1. The van der Waals surface area contributed by atoms with E-state index in [-0.39, 0.29) is 13.0 Å². The Morgan fingerprint density at radius 3 is 2.47 bits per heavy atom. The highest BCUT2D eigenvalue weighted by molar-refractivity contribution is 6.38. The standard InChI is InChI=1S/C21H15ClF6N4O4/c22-13-14-8(3-10(23)15(13)31-2-1-7(5-31)17(34)21(26,27)28)16(33)9(20(35)36)6-32(14)19-12(25)4-11(24)18(29)30-19/h3-4,6-7,17,34H,1-2,5H2,(H2,29,30)(H,35,36). The Labute approximate surface area is 202 Å². The molecule has 1 fully saturated rings. The molecule has 0 radical (unpaired) electrons. The van der Waals surface area contributed by atoms with Gasteiger partial charge in [-0.3, -0.25) is 9.36 Å². The van der Waals surface area contributed by atoms with Gasteiger partial charge in [0.2, 0.25) is 5.43 Å². The van der Waals surface area contributed by atoms with Gasteiger partial charge in [0, 0.05) is 31.3 Å². The fraction of sp³-hybridized carbons (Fsp3) is 0.286. The molecule has 3 heterocycles. The Balaban J connectivity index is 1.98. The summed E-state index contributed by atoms with van der Waals surface area (Å²) in [5.74, 6) is -8.36. The van der Waals surface area contributed by atoms with Gasteiger partial charge in [0.15, 0.2) is 29.4 Å². The summed E-state index contributed by atoms with van der Waals surface area (Å²) in [6.07, 6.45) is -7.12. The highest BCUT2D eigenvalue weighted by atomic mass is 35.5. The third-order valence-corrected chi connectivity index (χ3v) is 6.23. The molecule has 15 heteroatoms. The summed E-state index contributed by atoms with van der Waals surface area (Å²) in [6, 6.07) is 0.962. The third-order valence-electron chi connectivity index (χ3n) is 5.88. The lowest BCUT2D eigenvalue weighted by Gasteiger charge is -2.25. The zero-order chi connectivity index (χ0) is 26.7. The molecule has 1 saturated heterocycles. The minimum absolute atomic E-state index is 0.159. The second kappa shape index (κ2) is 8.85. The molecule has 0 spiro atoms. The predicted molar refractivity (Wildman–Crippen MR) is 116 cm³/mol. The largest absolute Gasteiger partial charge is 0.477 e. The number of rotatable bonds is 4. The molecule has 0 saturated carbocycles. The topological polar surface area (TPSA) is 122 Å². The molecule has 4 N–H and O–H groups in total. The molecule has 8 nitrogen and oxygen atoms in total. The summed E-state index contributed by atoms with van der Waals surface area (Å²) in [6.45, 7) is -0.621. The van der Waals surface area contributed by atoms with E-state index in [4.69, 9.17) is 17.3 Å². The second-order valence-corrected chi connectivity index (χ2v) is 8.48. The van der Waals surface area contributed by atoms with Crippen LogP contribution in [0.1, 0.15) is 16.8 Å². The van der Waals surface area contributed by atoms with Crippen LogP contribution in [0.2, 0.25) is 5.02 Å². The molecule has 1 aromatic carbocycles. The number of alkyl halides is 3. The second-order valence-electron chi connectivity index (χ2n) is 8.11. The number of fused-ring (bicyclic) bond motifs is 1. The number of hydrogen-bond donors (Lipinski definition) is 3. The van der Waals surface area contributed by atoms with Crippen LogP contribution in [0.5, 0.6) is 0 Å². The van der Waals surface area contributed by atoms with E-state index in [0.717, 1.165) is 4.90 Å². The predicted octanol–water partition coefficient (Wildman–Crippen LogP) is 3.49. The first kappa shape index (κ1) is 25.6. The fourth-order valence-electron chi connectivity index (χ4n) is 4.17. The molecule has 36 heavy (non-hydrogen) atoms. The average molecular weight is 537 g/mol. The van der Waals surface area contributed by atoms with Crippen molar-refractivity contribution in [2.45, 2.75) is 18.7 Å². The number of carboxylic acid groups (broad SMARTS) is 1. The maximum absolute atomic E-state index is 15.2. The molecule has 4 rings (SSSR count). The molecule has 0 amide bonds. The number of carboxylic acids is 1. The molecular weight excluding hydrogens is 522 g/mol. The van der Waals surface area contributed by atoms with E-state index in [9.17, 15) is 41.8 Å². The zero-order valence-corrected chi connectivity index (χ0v) is 18.5. The number of benzene rings is 1. The zero-order valence-electron chi connectivity index (χ0n) is 17.8. The number of aliphatic hydroxyl groups is 1. The molecule has 2 unspecified atom stereocenters. The fourth-order valence-corrected chi connectivity index (χ4v) is 4.57. The Morgan fingerprint density at radius 1 is 1.19 bits per heavy atom. The minimum Gasteiger partial charge on any atom is -0.477 e. The molecule has 1 aliphatic rings. The lowest BCUT2D eigenvalue weighted by Crippen LogP contribution is -2.37. The lowest BCUT2D eigenvalue weighted by molar-refractivity contribution is -0.217. The van der Waals surface area contributed by atoms with Gasteiger partial charge in [-0.1, -0.05) is 11.6 Å². The van der Waals surface area contributed by atoms with E-state index in [1.165, 1.54) is 0 Å². The van der Waals surface area contributed by atoms with Gasteiger partial charge in [-0.25, -0.2) is 22.9 Å². The van der Waals surface area contributed by atoms with Gasteiger partial charge >= 0.3 is 12.1 Å². The monoisotopic (exact) mass is 536 g/mol. The summed E-state index contributed by atoms with van der Waals surface area (Å²) >= 11 is 6.40. The summed E-state index contributed by atoms with van der Waals surface area (Å²) in [5, 5.41) is 17.8. The van der Waals surface area contributed by atoms with E-state index in [0.29, 0.717) is 22.9 Å². The van der Waals surface area contributed by atoms with Gasteiger partial charge in [-0.15, -0.1) is 0 Å². The Bertz CT molecular complexity index is 1460. The van der Waals surface area contributed by atoms with Crippen molar-refractivity contribution in [2.75, 3.05) is 23.7 Å². The summed E-state index contributed by atoms with van der Waals surface area (Å²) in [4.78, 5) is 29.0. The Kier molecular flexibility index (Phi) is 6.29. The smallest absolute Gasteiger partial charge is 0.414 e. The van der Waals surface area contributed by atoms with Crippen molar-refractivity contribution >= 4 is 40.0 Å². The van der Waals surface area contributed by atoms with Crippen molar-refractivity contribution in [3.8, 4) is 5.82 Å². The highest BCUT2D eigenvalue weighted by Gasteiger charge is 2.46. The first-order chi connectivity index (χ1) is 16.7. The lowest BCUT2D eigenvalue weighted by atomic mass is 10.0. The summed E-state index contributed by atoms with van der Waals surface area (Å²) in [7, 11) is 0. The van der Waals surface area contributed by atoms with Crippen LogP contribution in [-0.2, 0) is 0 Å². The number of nitrogens with two attached hydrogens (primary N) is 1. The minimum atomic E-state index is -4.91. The molecule has 0 bridgehead atoms. The van der Waals surface area contributed by atoms with Gasteiger partial charge < -0.3 is 20.8 Å². The van der Waals surface area contributed by atoms with Crippen molar-refractivity contribution in [3.63, 3.8) is 0 Å². The van der Waals surface area contributed by atoms with Crippen LogP contribution in [-0.4, -0.2) is 51.1 Å². The SMILES string of the molecule is Nc1nc(-n2cc(C(=O)O)c(=O)c3cc(F)c(N4CCC(C(O)C(F)(F)F)C4)c(Cl)c32)c(F)cc1F. The number of hydrogen-bond acceptors (Lipinski definition) is 6. The summed E-state index contributed by atoms with van der Waals surface area (Å²) < 4.78 is 83.1. The maximum atomic E-state index is 15.2. The van der Waals surface area contributed by atoms with Crippen LogP contribution in [0.3, 0.4) is 0 Å². The first-order valence-corrected chi connectivity index (χ1v) is 10.5. The van der Waals surface area contributed by atoms with Crippen LogP contribution in [0.25, 0.3) is 16.7 Å². The molecular formula is C21H15ClF6N4O4. The number of aromatic nitrogens is 2. The third kappa shape index (κ3) is 4.19. The maximum Gasteiger partial charge on any atom is 0.414 e. The van der Waals surface area contributed by atoms with E-state index in [2.05, 4.69) is 4.98 Å². The van der Waals surface area contributed by atoms with Crippen molar-refractivity contribution in [2.24, 2.45) is 5.92 Å². The van der Waals surface area contributed by atoms with Crippen LogP contribution in [0.15, 0.2) is 23.1 Å². The molecule has 192 valence electrons. The Hall–Kier alpha value is -3.52. The number of nitrogens with zero attached hydrogens (tertiary/aromatic N) is 3. The molecule has 2 aromatic heterocycles. The normalized spacial score (nSPS) is 17.1. The first-order valence-electron chi connectivity index (χ1n) is 10.1. The molecule has 3 aromatic rings. The van der Waals surface area contributed by atoms with E-state index >= 15 is 4.39 Å². The van der Waals surface area contributed by atoms with Gasteiger partial charge in [0.25, 0.3) is 0 Å². The number of nitrogen functional groups attached to an aromatic ring is 1. The van der Waals surface area contributed by atoms with Crippen LogP contribution in [0.4, 0.5) is 37.8 Å². The van der Waals surface area contributed by atoms with Crippen molar-refractivity contribution in [3.05, 3.63) is 56.6 Å². The summed E-state index contributed by atoms with van der Waals surface area (Å²) in [5.41, 5.74) is 2.38. The van der Waals surface area contributed by atoms with Gasteiger partial charge in [0.05, 0.1) is 21.6 Å². The number of anilines is 2. The van der Waals surface area contributed by atoms with Crippen molar-refractivity contribution in [1.82, 2.24) is 9.55 Å². The number of pyridine rings is 2. The van der Waals surface area contributed by atoms with Crippen LogP contribution < -0.4 is 16.1 Å². The van der Waals surface area contributed by atoms with Crippen LogP contribution in [0, 0.1) is 23.4 Å². The molecule has 0 aliphatic carbocycles. The molecule has 1 aliphatic heterocycles. The van der Waals surface area contributed by atoms with Gasteiger partial charge in [-0.2, -0.15) is 13.2 Å². The van der Waals surface area contributed by atoms with E-state index in [1.54, 1.807) is 0 Å². The number of carbonyl (C=O) groups is 1. The van der Waals surface area contributed by atoms with Gasteiger partial charge in [-0.05, 0) is 12.5 Å². The van der Waals surface area contributed by atoms with E-state index < -0.39 is 92.4 Å². The molecule has 2 atom stereocenters. The quantitative estimate of drug-likeness (QED) is 0.436. The Morgan fingerprint density at radius 2 is 1.86 bits per heavy atom. The number of aliphatic hydroxyl groups excluding tert-OH is 1. The van der Waals surface area contributed by atoms with Crippen molar-refractivity contribution < 1.29 is 41.4 Å². The van der Waals surface area contributed by atoms with Gasteiger partial charge in [0.1, 0.15) is 11.4 Å². The van der Waals surface area contributed by atoms with Crippen molar-refractivity contribution in [1.29, 1.82) is 0 Å². The van der Waals surface area contributed by atoms with Crippen LogP contribution >= 0.6 is 11.6 Å². The average Bonchev–Trinajstić information content (AvgIpc) is 3.25. The number of halogens is 7. The van der Waals surface area contributed by atoms with E-state index in [1.807, 2.05) is 0 Å². The highest BCUT2D eigenvalue weighted by Crippen LogP contribution is 2.40.